The molecule has 0 bridgehead atoms. The molecule has 0 aliphatic carbocycles. The molecule has 0 aromatic heterocycles. The smallest absolute Gasteiger partial charge is 0.270 e. The summed E-state index contributed by atoms with van der Waals surface area (Å²) in [5, 5.41) is 8.03. The lowest BCUT2D eigenvalue weighted by atomic mass is 10.2. The van der Waals surface area contributed by atoms with Gasteiger partial charge in [-0.05, 0) is 24.3 Å². The molecule has 0 spiro atoms. The summed E-state index contributed by atoms with van der Waals surface area (Å²) in [6, 6.07) is 15.2. The van der Waals surface area contributed by atoms with E-state index in [4.69, 9.17) is 5.41 Å². The fraction of sp³-hybridized carbons (Fsp3) is 0. The van der Waals surface area contributed by atoms with Crippen molar-refractivity contribution >= 4 is 21.5 Å². The zero-order valence-electron chi connectivity index (χ0n) is 9.37. The molecular formula is C13H10N2O2S. The highest BCUT2D eigenvalue weighted by Gasteiger charge is 2.39. The van der Waals surface area contributed by atoms with Crippen LogP contribution in [0.2, 0.25) is 0 Å². The maximum absolute atomic E-state index is 12.4. The first-order chi connectivity index (χ1) is 8.62. The van der Waals surface area contributed by atoms with Crippen molar-refractivity contribution in [2.75, 3.05) is 4.31 Å². The van der Waals surface area contributed by atoms with Gasteiger partial charge in [0.15, 0.2) is 0 Å². The van der Waals surface area contributed by atoms with Crippen molar-refractivity contribution in [2.45, 2.75) is 4.90 Å². The third kappa shape index (κ3) is 1.37. The van der Waals surface area contributed by atoms with Crippen LogP contribution in [0.4, 0.5) is 5.69 Å². The van der Waals surface area contributed by atoms with Gasteiger partial charge in [-0.2, -0.15) is 0 Å². The lowest BCUT2D eigenvalue weighted by Crippen LogP contribution is -2.29. The summed E-state index contributed by atoms with van der Waals surface area (Å²) < 4.78 is 25.8. The molecule has 0 radical (unpaired) electrons. The van der Waals surface area contributed by atoms with Crippen LogP contribution in [0.5, 0.6) is 0 Å². The van der Waals surface area contributed by atoms with Gasteiger partial charge in [0.05, 0.1) is 10.6 Å². The third-order valence-electron chi connectivity index (χ3n) is 2.85. The first-order valence-electron chi connectivity index (χ1n) is 5.41. The number of nitrogens with one attached hydrogen (secondary N) is 1. The maximum atomic E-state index is 12.4. The molecule has 0 atom stereocenters. The van der Waals surface area contributed by atoms with Gasteiger partial charge in [-0.25, -0.2) is 12.7 Å². The van der Waals surface area contributed by atoms with E-state index in [9.17, 15) is 8.42 Å². The number of anilines is 1. The summed E-state index contributed by atoms with van der Waals surface area (Å²) in [6.45, 7) is 0. The van der Waals surface area contributed by atoms with E-state index in [2.05, 4.69) is 0 Å². The first kappa shape index (κ1) is 11.0. The van der Waals surface area contributed by atoms with Crippen LogP contribution in [-0.4, -0.2) is 14.3 Å². The van der Waals surface area contributed by atoms with Crippen molar-refractivity contribution in [3.8, 4) is 0 Å². The fourth-order valence-corrected chi connectivity index (χ4v) is 3.67. The minimum atomic E-state index is -3.64. The number of rotatable bonds is 1. The Morgan fingerprint density at radius 3 is 2.17 bits per heavy atom. The van der Waals surface area contributed by atoms with Crippen LogP contribution in [0.1, 0.15) is 5.56 Å². The monoisotopic (exact) mass is 258 g/mol. The molecule has 5 heteroatoms. The number of hydrogen-bond donors (Lipinski definition) is 1. The van der Waals surface area contributed by atoms with Crippen LogP contribution >= 0.6 is 0 Å². The number of fused-ring (bicyclic) bond motifs is 1. The summed E-state index contributed by atoms with van der Waals surface area (Å²) >= 11 is 0. The molecule has 0 fully saturated rings. The molecule has 18 heavy (non-hydrogen) atoms. The molecule has 4 nitrogen and oxygen atoms in total. The van der Waals surface area contributed by atoms with Gasteiger partial charge in [0.1, 0.15) is 5.84 Å². The molecule has 0 amide bonds. The van der Waals surface area contributed by atoms with E-state index < -0.39 is 10.0 Å². The molecule has 1 aliphatic rings. The molecule has 3 rings (SSSR count). The van der Waals surface area contributed by atoms with Gasteiger partial charge in [-0.3, -0.25) is 5.41 Å². The number of hydrogen-bond acceptors (Lipinski definition) is 3. The molecule has 0 saturated carbocycles. The largest absolute Gasteiger partial charge is 0.283 e. The van der Waals surface area contributed by atoms with Gasteiger partial charge in [0, 0.05) is 5.56 Å². The predicted octanol–water partition coefficient (Wildman–Crippen LogP) is 2.22. The van der Waals surface area contributed by atoms with Crippen molar-refractivity contribution in [1.29, 1.82) is 5.41 Å². The summed E-state index contributed by atoms with van der Waals surface area (Å²) in [6.07, 6.45) is 0. The van der Waals surface area contributed by atoms with E-state index in [-0.39, 0.29) is 10.7 Å². The summed E-state index contributed by atoms with van der Waals surface area (Å²) in [5.74, 6) is -0.00296. The average Bonchev–Trinajstić information content (AvgIpc) is 2.59. The van der Waals surface area contributed by atoms with Crippen LogP contribution < -0.4 is 4.31 Å². The molecule has 1 N–H and O–H groups in total. The Kier molecular flexibility index (Phi) is 2.24. The van der Waals surface area contributed by atoms with Crippen LogP contribution in [0, 0.1) is 5.41 Å². The lowest BCUT2D eigenvalue weighted by molar-refractivity contribution is 0.599. The van der Waals surface area contributed by atoms with E-state index in [1.54, 1.807) is 42.5 Å². The second-order valence-electron chi connectivity index (χ2n) is 3.95. The molecule has 1 heterocycles. The molecular weight excluding hydrogens is 248 g/mol. The van der Waals surface area contributed by atoms with E-state index >= 15 is 0 Å². The van der Waals surface area contributed by atoms with E-state index in [0.29, 0.717) is 11.3 Å². The first-order valence-corrected chi connectivity index (χ1v) is 6.85. The molecule has 90 valence electrons. The van der Waals surface area contributed by atoms with Crippen molar-refractivity contribution in [3.05, 3.63) is 60.2 Å². The summed E-state index contributed by atoms with van der Waals surface area (Å²) in [4.78, 5) is 0.193. The Morgan fingerprint density at radius 1 is 0.889 bits per heavy atom. The van der Waals surface area contributed by atoms with Crippen molar-refractivity contribution in [1.82, 2.24) is 0 Å². The Balaban J connectivity index is 2.25. The van der Waals surface area contributed by atoms with Crippen LogP contribution in [0.15, 0.2) is 59.5 Å². The number of nitrogens with zero attached hydrogens (tertiary/aromatic N) is 1. The number of sulfonamides is 1. The summed E-state index contributed by atoms with van der Waals surface area (Å²) in [7, 11) is -3.64. The van der Waals surface area contributed by atoms with Gasteiger partial charge in [-0.15, -0.1) is 0 Å². The Bertz CT molecular complexity index is 724. The van der Waals surface area contributed by atoms with E-state index in [1.165, 1.54) is 6.07 Å². The SMILES string of the molecule is N=C1c2ccccc2S(=O)(=O)N1c1ccccc1. The Hall–Kier alpha value is -2.14. The number of amidine groups is 1. The zero-order valence-corrected chi connectivity index (χ0v) is 10.2. The van der Waals surface area contributed by atoms with Crippen molar-refractivity contribution < 1.29 is 8.42 Å². The van der Waals surface area contributed by atoms with Crippen molar-refractivity contribution in [3.63, 3.8) is 0 Å². The van der Waals surface area contributed by atoms with E-state index in [0.717, 1.165) is 4.31 Å². The standard InChI is InChI=1S/C13H10N2O2S/c14-13-11-8-4-5-9-12(11)18(16,17)15(13)10-6-2-1-3-7-10/h1-9,14H. The zero-order chi connectivity index (χ0) is 12.8. The van der Waals surface area contributed by atoms with Gasteiger partial charge < -0.3 is 0 Å². The second kappa shape index (κ2) is 3.68. The average molecular weight is 258 g/mol. The predicted molar refractivity (Wildman–Crippen MR) is 69.4 cm³/mol. The van der Waals surface area contributed by atoms with Crippen LogP contribution in [-0.2, 0) is 10.0 Å². The van der Waals surface area contributed by atoms with Crippen LogP contribution in [0.25, 0.3) is 0 Å². The van der Waals surface area contributed by atoms with Gasteiger partial charge >= 0.3 is 0 Å². The molecule has 2 aromatic carbocycles. The highest BCUT2D eigenvalue weighted by atomic mass is 32.2. The quantitative estimate of drug-likeness (QED) is 0.852. The molecule has 1 aliphatic heterocycles. The minimum absolute atomic E-state index is 0.00296. The van der Waals surface area contributed by atoms with Crippen LogP contribution in [0.3, 0.4) is 0 Å². The van der Waals surface area contributed by atoms with Crippen molar-refractivity contribution in [2.24, 2.45) is 0 Å². The maximum Gasteiger partial charge on any atom is 0.270 e. The number of benzene rings is 2. The molecule has 0 saturated heterocycles. The topological polar surface area (TPSA) is 61.2 Å². The molecule has 2 aromatic rings. The van der Waals surface area contributed by atoms with Gasteiger partial charge in [0.25, 0.3) is 10.0 Å². The fourth-order valence-electron chi connectivity index (χ4n) is 2.05. The Morgan fingerprint density at radius 2 is 1.50 bits per heavy atom. The third-order valence-corrected chi connectivity index (χ3v) is 4.64. The highest BCUT2D eigenvalue weighted by Crippen LogP contribution is 2.33. The van der Waals surface area contributed by atoms with E-state index in [1.807, 2.05) is 6.07 Å². The second-order valence-corrected chi connectivity index (χ2v) is 5.70. The Labute approximate surface area is 105 Å². The van der Waals surface area contributed by atoms with Gasteiger partial charge in [0.2, 0.25) is 0 Å². The highest BCUT2D eigenvalue weighted by molar-refractivity contribution is 7.94. The minimum Gasteiger partial charge on any atom is -0.283 e. The molecule has 0 unspecified atom stereocenters. The van der Waals surface area contributed by atoms with Gasteiger partial charge in [-0.1, -0.05) is 30.3 Å². The lowest BCUT2D eigenvalue weighted by Gasteiger charge is -2.16. The normalized spacial score (nSPS) is 16.7. The number of para-hydroxylation sites is 1. The summed E-state index contributed by atoms with van der Waals surface area (Å²) in [5.41, 5.74) is 0.931.